The molecule has 5 heteroatoms. The zero-order chi connectivity index (χ0) is 14.4. The molecule has 3 atom stereocenters. The van der Waals surface area contributed by atoms with Crippen molar-refractivity contribution >= 4 is 5.97 Å². The summed E-state index contributed by atoms with van der Waals surface area (Å²) in [5.74, 6) is -0.183. The van der Waals surface area contributed by atoms with Crippen molar-refractivity contribution < 1.29 is 14.3 Å². The summed E-state index contributed by atoms with van der Waals surface area (Å²) in [7, 11) is 3.54. The Labute approximate surface area is 116 Å². The molecule has 0 amide bonds. The van der Waals surface area contributed by atoms with Crippen LogP contribution in [0.2, 0.25) is 0 Å². The van der Waals surface area contributed by atoms with Gasteiger partial charge in [-0.3, -0.25) is 4.79 Å². The predicted molar refractivity (Wildman–Crippen MR) is 75.1 cm³/mol. The maximum absolute atomic E-state index is 11.7. The molecule has 1 aliphatic heterocycles. The Morgan fingerprint density at radius 3 is 2.68 bits per heavy atom. The van der Waals surface area contributed by atoms with Gasteiger partial charge in [0.1, 0.15) is 6.04 Å². The molecule has 0 radical (unpaired) electrons. The lowest BCUT2D eigenvalue weighted by molar-refractivity contribution is -0.143. The van der Waals surface area contributed by atoms with E-state index in [1.165, 1.54) is 7.11 Å². The largest absolute Gasteiger partial charge is 0.468 e. The van der Waals surface area contributed by atoms with Gasteiger partial charge in [-0.1, -0.05) is 13.8 Å². The Hall–Kier alpha value is -0.650. The maximum Gasteiger partial charge on any atom is 0.322 e. The lowest BCUT2D eigenvalue weighted by Crippen LogP contribution is -2.45. The summed E-state index contributed by atoms with van der Waals surface area (Å²) < 4.78 is 10.4. The Kier molecular flexibility index (Phi) is 6.75. The van der Waals surface area contributed by atoms with Crippen LogP contribution in [0, 0.1) is 0 Å². The first-order chi connectivity index (χ1) is 8.95. The lowest BCUT2D eigenvalue weighted by Gasteiger charge is -2.28. The highest BCUT2D eigenvalue weighted by molar-refractivity contribution is 5.75. The highest BCUT2D eigenvalue weighted by atomic mass is 16.5. The number of nitrogens with zero attached hydrogens (tertiary/aromatic N) is 1. The van der Waals surface area contributed by atoms with Crippen molar-refractivity contribution in [3.8, 4) is 0 Å². The maximum atomic E-state index is 11.7. The fourth-order valence-corrected chi connectivity index (χ4v) is 2.61. The van der Waals surface area contributed by atoms with Gasteiger partial charge in [-0.2, -0.15) is 0 Å². The Balaban J connectivity index is 2.44. The summed E-state index contributed by atoms with van der Waals surface area (Å²) in [5.41, 5.74) is 0. The smallest absolute Gasteiger partial charge is 0.322 e. The van der Waals surface area contributed by atoms with Crippen molar-refractivity contribution in [1.29, 1.82) is 0 Å². The van der Waals surface area contributed by atoms with Gasteiger partial charge in [0.25, 0.3) is 0 Å². The SMILES string of the molecule is COC(=O)C(CCN(C)C1CCOC1C)NC(C)C. The molecule has 1 aliphatic rings. The van der Waals surface area contributed by atoms with Crippen LogP contribution in [0.5, 0.6) is 0 Å². The summed E-state index contributed by atoms with van der Waals surface area (Å²) in [5, 5.41) is 3.26. The van der Waals surface area contributed by atoms with Gasteiger partial charge in [0.05, 0.1) is 13.2 Å². The summed E-state index contributed by atoms with van der Waals surface area (Å²) in [6.45, 7) is 7.87. The molecule has 0 aromatic rings. The summed E-state index contributed by atoms with van der Waals surface area (Å²) in [6.07, 6.45) is 2.10. The minimum Gasteiger partial charge on any atom is -0.468 e. The van der Waals surface area contributed by atoms with E-state index in [0.717, 1.165) is 26.0 Å². The van der Waals surface area contributed by atoms with Crippen LogP contribution in [0.25, 0.3) is 0 Å². The van der Waals surface area contributed by atoms with E-state index in [-0.39, 0.29) is 24.2 Å². The van der Waals surface area contributed by atoms with Crippen molar-refractivity contribution in [2.75, 3.05) is 27.3 Å². The molecule has 0 aromatic carbocycles. The fraction of sp³-hybridized carbons (Fsp3) is 0.929. The predicted octanol–water partition coefficient (Wildman–Crippen LogP) is 1.03. The van der Waals surface area contributed by atoms with Crippen LogP contribution < -0.4 is 5.32 Å². The third-order valence-electron chi connectivity index (χ3n) is 3.69. The standard InChI is InChI=1S/C14H28N2O3/c1-10(2)15-12(14(17)18-5)6-8-16(4)13-7-9-19-11(13)3/h10-13,15H,6-9H2,1-5H3. The number of ether oxygens (including phenoxy) is 2. The number of methoxy groups -OCH3 is 1. The number of carbonyl (C=O) groups excluding carboxylic acids is 1. The third kappa shape index (κ3) is 5.09. The quantitative estimate of drug-likeness (QED) is 0.701. The number of nitrogens with one attached hydrogen (secondary N) is 1. The number of likely N-dealkylation sites (N-methyl/N-ethyl adjacent to an activating group) is 1. The van der Waals surface area contributed by atoms with Gasteiger partial charge < -0.3 is 19.7 Å². The van der Waals surface area contributed by atoms with Crippen molar-refractivity contribution in [3.05, 3.63) is 0 Å². The van der Waals surface area contributed by atoms with Gasteiger partial charge in [0.2, 0.25) is 0 Å². The molecule has 1 heterocycles. The average Bonchev–Trinajstić information content (AvgIpc) is 2.79. The monoisotopic (exact) mass is 272 g/mol. The van der Waals surface area contributed by atoms with E-state index in [0.29, 0.717) is 6.04 Å². The van der Waals surface area contributed by atoms with Crippen LogP contribution >= 0.6 is 0 Å². The highest BCUT2D eigenvalue weighted by Crippen LogP contribution is 2.18. The first kappa shape index (κ1) is 16.4. The van der Waals surface area contributed by atoms with Crippen LogP contribution in [0.4, 0.5) is 0 Å². The van der Waals surface area contributed by atoms with E-state index in [9.17, 15) is 4.79 Å². The van der Waals surface area contributed by atoms with Gasteiger partial charge >= 0.3 is 5.97 Å². The lowest BCUT2D eigenvalue weighted by atomic mass is 10.1. The number of rotatable bonds is 7. The molecule has 0 aliphatic carbocycles. The minimum atomic E-state index is -0.231. The van der Waals surface area contributed by atoms with Gasteiger partial charge in [0, 0.05) is 25.2 Å². The van der Waals surface area contributed by atoms with Crippen LogP contribution in [-0.2, 0) is 14.3 Å². The fourth-order valence-electron chi connectivity index (χ4n) is 2.61. The Morgan fingerprint density at radius 1 is 1.53 bits per heavy atom. The minimum absolute atomic E-state index is 0.183. The second-order valence-corrected chi connectivity index (χ2v) is 5.60. The van der Waals surface area contributed by atoms with Gasteiger partial charge in [-0.05, 0) is 26.8 Å². The molecule has 5 nitrogen and oxygen atoms in total. The molecule has 3 unspecified atom stereocenters. The van der Waals surface area contributed by atoms with Crippen LogP contribution in [0.3, 0.4) is 0 Å². The van der Waals surface area contributed by atoms with Gasteiger partial charge in [-0.15, -0.1) is 0 Å². The van der Waals surface area contributed by atoms with Gasteiger partial charge in [-0.25, -0.2) is 0 Å². The summed E-state index contributed by atoms with van der Waals surface area (Å²) in [6, 6.07) is 0.491. The second-order valence-electron chi connectivity index (χ2n) is 5.60. The molecule has 1 N–H and O–H groups in total. The van der Waals surface area contributed by atoms with E-state index in [2.05, 4.69) is 24.2 Å². The Bertz CT molecular complexity index is 284. The second kappa shape index (κ2) is 7.82. The van der Waals surface area contributed by atoms with E-state index < -0.39 is 0 Å². The molecule has 0 bridgehead atoms. The molecule has 0 aromatic heterocycles. The molecular weight excluding hydrogens is 244 g/mol. The molecule has 1 fully saturated rings. The molecule has 112 valence electrons. The molecule has 1 saturated heterocycles. The normalized spacial score (nSPS) is 25.0. The number of carbonyl (C=O) groups is 1. The van der Waals surface area contributed by atoms with Crippen molar-refractivity contribution in [3.63, 3.8) is 0 Å². The van der Waals surface area contributed by atoms with E-state index in [4.69, 9.17) is 9.47 Å². The van der Waals surface area contributed by atoms with E-state index in [1.54, 1.807) is 0 Å². The highest BCUT2D eigenvalue weighted by Gasteiger charge is 2.29. The molecule has 1 rings (SSSR count). The topological polar surface area (TPSA) is 50.8 Å². The van der Waals surface area contributed by atoms with Crippen LogP contribution in [-0.4, -0.2) is 62.4 Å². The van der Waals surface area contributed by atoms with Crippen LogP contribution in [0.15, 0.2) is 0 Å². The third-order valence-corrected chi connectivity index (χ3v) is 3.69. The molecule has 19 heavy (non-hydrogen) atoms. The summed E-state index contributed by atoms with van der Waals surface area (Å²) in [4.78, 5) is 14.0. The Morgan fingerprint density at radius 2 is 2.21 bits per heavy atom. The number of esters is 1. The zero-order valence-corrected chi connectivity index (χ0v) is 12.8. The number of hydrogen-bond acceptors (Lipinski definition) is 5. The van der Waals surface area contributed by atoms with Crippen LogP contribution in [0.1, 0.15) is 33.6 Å². The molecule has 0 saturated carbocycles. The summed E-state index contributed by atoms with van der Waals surface area (Å²) >= 11 is 0. The van der Waals surface area contributed by atoms with Crippen molar-refractivity contribution in [2.24, 2.45) is 0 Å². The first-order valence-corrected chi connectivity index (χ1v) is 7.11. The average molecular weight is 272 g/mol. The van der Waals surface area contributed by atoms with E-state index >= 15 is 0 Å². The first-order valence-electron chi connectivity index (χ1n) is 7.11. The number of hydrogen-bond donors (Lipinski definition) is 1. The van der Waals surface area contributed by atoms with Crippen molar-refractivity contribution in [1.82, 2.24) is 10.2 Å². The molecule has 0 spiro atoms. The molecular formula is C14H28N2O3. The van der Waals surface area contributed by atoms with Gasteiger partial charge in [0.15, 0.2) is 0 Å². The zero-order valence-electron chi connectivity index (χ0n) is 12.8. The van der Waals surface area contributed by atoms with Crippen molar-refractivity contribution in [2.45, 2.75) is 57.8 Å². The van der Waals surface area contributed by atoms with E-state index in [1.807, 2.05) is 13.8 Å².